The lowest BCUT2D eigenvalue weighted by Gasteiger charge is -2.37. The molecule has 0 fully saturated rings. The first-order valence-corrected chi connectivity index (χ1v) is 9.34. The van der Waals surface area contributed by atoms with Crippen molar-refractivity contribution in [1.82, 2.24) is 5.32 Å². The maximum atomic E-state index is 11.9. The molecule has 3 nitrogen and oxygen atoms in total. The molecule has 0 atom stereocenters. The Hall–Kier alpha value is -2.91. The molecule has 0 spiro atoms. The van der Waals surface area contributed by atoms with Crippen LogP contribution in [0, 0.1) is 0 Å². The van der Waals surface area contributed by atoms with Crippen LogP contribution >= 0.6 is 0 Å². The average Bonchev–Trinajstić information content (AvgIpc) is 2.73. The molecule has 0 heterocycles. The van der Waals surface area contributed by atoms with Gasteiger partial charge in [0.1, 0.15) is 0 Å². The third-order valence-corrected chi connectivity index (χ3v) is 4.65. The molecule has 0 unspecified atom stereocenters. The second-order valence-electron chi connectivity index (χ2n) is 6.33. The fourth-order valence-corrected chi connectivity index (χ4v) is 3.46. The van der Waals surface area contributed by atoms with E-state index in [1.54, 1.807) is 0 Å². The molecule has 0 amide bonds. The van der Waals surface area contributed by atoms with E-state index in [2.05, 4.69) is 41.7 Å². The first-order chi connectivity index (χ1) is 13.3. The Morgan fingerprint density at radius 3 is 1.56 bits per heavy atom. The van der Waals surface area contributed by atoms with Gasteiger partial charge in [0.25, 0.3) is 0 Å². The fraction of sp³-hybridized carbons (Fsp3) is 0.208. The molecule has 3 heteroatoms. The van der Waals surface area contributed by atoms with Crippen molar-refractivity contribution >= 4 is 5.97 Å². The number of hydrogen-bond donors (Lipinski definition) is 1. The number of ether oxygens (including phenoxy) is 1. The van der Waals surface area contributed by atoms with Crippen molar-refractivity contribution in [3.63, 3.8) is 0 Å². The van der Waals surface area contributed by atoms with Crippen molar-refractivity contribution in [1.29, 1.82) is 0 Å². The van der Waals surface area contributed by atoms with E-state index in [1.165, 1.54) is 0 Å². The zero-order valence-corrected chi connectivity index (χ0v) is 15.6. The lowest BCUT2D eigenvalue weighted by Crippen LogP contribution is -2.45. The Balaban J connectivity index is 2.07. The minimum absolute atomic E-state index is 0.187. The Morgan fingerprint density at radius 2 is 1.19 bits per heavy atom. The van der Waals surface area contributed by atoms with Crippen LogP contribution in [0.15, 0.2) is 91.0 Å². The van der Waals surface area contributed by atoms with Crippen molar-refractivity contribution in [3.05, 3.63) is 108 Å². The molecular formula is C24H25NO2. The Bertz CT molecular complexity index is 735. The molecule has 0 aliphatic heterocycles. The molecule has 0 radical (unpaired) electrons. The van der Waals surface area contributed by atoms with Gasteiger partial charge in [0.05, 0.1) is 18.6 Å². The quantitative estimate of drug-likeness (QED) is 0.475. The van der Waals surface area contributed by atoms with E-state index in [0.717, 1.165) is 16.7 Å². The van der Waals surface area contributed by atoms with Crippen molar-refractivity contribution in [3.8, 4) is 0 Å². The highest BCUT2D eigenvalue weighted by Gasteiger charge is 2.35. The Labute approximate surface area is 161 Å². The van der Waals surface area contributed by atoms with Gasteiger partial charge in [0, 0.05) is 6.54 Å². The number of nitrogens with one attached hydrogen (secondary N) is 1. The van der Waals surface area contributed by atoms with Crippen LogP contribution in [0.2, 0.25) is 0 Å². The van der Waals surface area contributed by atoms with Crippen molar-refractivity contribution < 1.29 is 9.53 Å². The predicted octanol–water partition coefficient (Wildman–Crippen LogP) is 4.52. The standard InChI is InChI=1S/C24H25NO2/c1-2-27-23(26)18-19-25-24(20-12-6-3-7-13-20,21-14-8-4-9-15-21)22-16-10-5-11-17-22/h3-17,25H,2,18-19H2,1H3. The van der Waals surface area contributed by atoms with Crippen LogP contribution in [-0.4, -0.2) is 19.1 Å². The molecule has 0 aliphatic rings. The summed E-state index contributed by atoms with van der Waals surface area (Å²) in [5.74, 6) is -0.187. The first-order valence-electron chi connectivity index (χ1n) is 9.34. The average molecular weight is 359 g/mol. The molecular weight excluding hydrogens is 334 g/mol. The zero-order chi connectivity index (χ0) is 19.0. The number of carbonyl (C=O) groups is 1. The summed E-state index contributed by atoms with van der Waals surface area (Å²) in [6.45, 7) is 2.74. The van der Waals surface area contributed by atoms with Crippen LogP contribution in [0.3, 0.4) is 0 Å². The van der Waals surface area contributed by atoms with Crippen LogP contribution < -0.4 is 5.32 Å². The molecule has 0 aromatic heterocycles. The van der Waals surface area contributed by atoms with E-state index in [4.69, 9.17) is 4.74 Å². The summed E-state index contributed by atoms with van der Waals surface area (Å²) in [7, 11) is 0. The molecule has 0 saturated heterocycles. The summed E-state index contributed by atoms with van der Waals surface area (Å²) in [5, 5.41) is 3.67. The molecule has 3 rings (SSSR count). The molecule has 138 valence electrons. The first kappa shape index (κ1) is 18.9. The highest BCUT2D eigenvalue weighted by atomic mass is 16.5. The van der Waals surface area contributed by atoms with Gasteiger partial charge < -0.3 is 4.74 Å². The molecule has 3 aromatic rings. The molecule has 0 saturated carbocycles. The summed E-state index contributed by atoms with van der Waals surface area (Å²) in [6, 6.07) is 31.1. The summed E-state index contributed by atoms with van der Waals surface area (Å²) >= 11 is 0. The molecule has 0 aliphatic carbocycles. The largest absolute Gasteiger partial charge is 0.466 e. The third kappa shape index (κ3) is 4.26. The third-order valence-electron chi connectivity index (χ3n) is 4.65. The van der Waals surface area contributed by atoms with Gasteiger partial charge in [0.15, 0.2) is 0 Å². The van der Waals surface area contributed by atoms with Crippen LogP contribution in [-0.2, 0) is 15.1 Å². The minimum Gasteiger partial charge on any atom is -0.466 e. The van der Waals surface area contributed by atoms with Gasteiger partial charge in [0.2, 0.25) is 0 Å². The number of carbonyl (C=O) groups excluding carboxylic acids is 1. The summed E-state index contributed by atoms with van der Waals surface area (Å²) in [5.41, 5.74) is 2.85. The SMILES string of the molecule is CCOC(=O)CCNC(c1ccccc1)(c1ccccc1)c1ccccc1. The van der Waals surface area contributed by atoms with Crippen LogP contribution in [0.25, 0.3) is 0 Å². The normalized spacial score (nSPS) is 11.1. The maximum Gasteiger partial charge on any atom is 0.307 e. The summed E-state index contributed by atoms with van der Waals surface area (Å²) in [4.78, 5) is 11.9. The topological polar surface area (TPSA) is 38.3 Å². The van der Waals surface area contributed by atoms with E-state index in [0.29, 0.717) is 19.6 Å². The lowest BCUT2D eigenvalue weighted by atomic mass is 9.77. The van der Waals surface area contributed by atoms with E-state index in [1.807, 2.05) is 61.5 Å². The molecule has 1 N–H and O–H groups in total. The van der Waals surface area contributed by atoms with E-state index in [-0.39, 0.29) is 5.97 Å². The molecule has 27 heavy (non-hydrogen) atoms. The fourth-order valence-electron chi connectivity index (χ4n) is 3.46. The highest BCUT2D eigenvalue weighted by molar-refractivity contribution is 5.69. The van der Waals surface area contributed by atoms with Crippen LogP contribution in [0.1, 0.15) is 30.0 Å². The van der Waals surface area contributed by atoms with Gasteiger partial charge in [-0.2, -0.15) is 0 Å². The monoisotopic (exact) mass is 359 g/mol. The van der Waals surface area contributed by atoms with E-state index < -0.39 is 5.54 Å². The molecule has 0 bridgehead atoms. The van der Waals surface area contributed by atoms with Gasteiger partial charge >= 0.3 is 5.97 Å². The number of esters is 1. The number of hydrogen-bond acceptors (Lipinski definition) is 3. The number of rotatable bonds is 8. The second-order valence-corrected chi connectivity index (χ2v) is 6.33. The zero-order valence-electron chi connectivity index (χ0n) is 15.6. The van der Waals surface area contributed by atoms with Gasteiger partial charge in [-0.15, -0.1) is 0 Å². The van der Waals surface area contributed by atoms with Crippen molar-refractivity contribution in [2.75, 3.05) is 13.2 Å². The Morgan fingerprint density at radius 1 is 0.778 bits per heavy atom. The molecule has 3 aromatic carbocycles. The predicted molar refractivity (Wildman–Crippen MR) is 108 cm³/mol. The maximum absolute atomic E-state index is 11.9. The van der Waals surface area contributed by atoms with Gasteiger partial charge in [-0.1, -0.05) is 91.0 Å². The number of benzene rings is 3. The van der Waals surface area contributed by atoms with E-state index in [9.17, 15) is 4.79 Å². The van der Waals surface area contributed by atoms with E-state index >= 15 is 0 Å². The smallest absolute Gasteiger partial charge is 0.307 e. The van der Waals surface area contributed by atoms with Gasteiger partial charge in [-0.25, -0.2) is 0 Å². The second kappa shape index (κ2) is 9.15. The minimum atomic E-state index is -0.545. The van der Waals surface area contributed by atoms with Crippen LogP contribution in [0.4, 0.5) is 0 Å². The van der Waals surface area contributed by atoms with Crippen LogP contribution in [0.5, 0.6) is 0 Å². The highest BCUT2D eigenvalue weighted by Crippen LogP contribution is 2.36. The van der Waals surface area contributed by atoms with Crippen molar-refractivity contribution in [2.45, 2.75) is 18.9 Å². The van der Waals surface area contributed by atoms with Gasteiger partial charge in [-0.3, -0.25) is 10.1 Å². The summed E-state index contributed by atoms with van der Waals surface area (Å²) < 4.78 is 5.09. The Kier molecular flexibility index (Phi) is 6.39. The van der Waals surface area contributed by atoms with Gasteiger partial charge in [-0.05, 0) is 23.6 Å². The lowest BCUT2D eigenvalue weighted by molar-refractivity contribution is -0.143. The van der Waals surface area contributed by atoms with Crippen molar-refractivity contribution in [2.24, 2.45) is 0 Å². The summed E-state index contributed by atoms with van der Waals surface area (Å²) in [6.07, 6.45) is 0.322.